The maximum atomic E-state index is 6.21. The van der Waals surface area contributed by atoms with Gasteiger partial charge in [-0.15, -0.1) is 0 Å². The number of aromatic nitrogens is 2. The van der Waals surface area contributed by atoms with Crippen LogP contribution in [0.4, 0.5) is 0 Å². The second-order valence-electron chi connectivity index (χ2n) is 5.56. The highest BCUT2D eigenvalue weighted by atomic mass is 35.5. The second kappa shape index (κ2) is 11.1. The zero-order chi connectivity index (χ0) is 14.6. The molecule has 0 bridgehead atoms. The van der Waals surface area contributed by atoms with Crippen LogP contribution in [0.2, 0.25) is 5.15 Å². The van der Waals surface area contributed by atoms with Gasteiger partial charge in [-0.2, -0.15) is 0 Å². The van der Waals surface area contributed by atoms with Gasteiger partial charge in [0.15, 0.2) is 0 Å². The van der Waals surface area contributed by atoms with Gasteiger partial charge in [-0.25, -0.2) is 9.97 Å². The zero-order valence-corrected chi connectivity index (χ0v) is 13.9. The molecule has 0 aliphatic carbocycles. The quantitative estimate of drug-likeness (QED) is 0.383. The third-order valence-electron chi connectivity index (χ3n) is 3.75. The van der Waals surface area contributed by atoms with Gasteiger partial charge in [0.2, 0.25) is 0 Å². The Morgan fingerprint density at radius 3 is 2.10 bits per heavy atom. The van der Waals surface area contributed by atoms with Crippen LogP contribution in [0.25, 0.3) is 0 Å². The average Bonchev–Trinajstić information content (AvgIpc) is 2.44. The van der Waals surface area contributed by atoms with Crippen molar-refractivity contribution in [2.24, 2.45) is 0 Å². The number of hydrogen-bond donors (Lipinski definition) is 0. The smallest absolute Gasteiger partial charge is 0.135 e. The van der Waals surface area contributed by atoms with Gasteiger partial charge in [0.05, 0.1) is 0 Å². The van der Waals surface area contributed by atoms with Gasteiger partial charge >= 0.3 is 0 Å². The number of aryl methyl sites for hydroxylation is 1. The molecule has 0 N–H and O–H groups in total. The molecule has 0 aliphatic rings. The highest BCUT2D eigenvalue weighted by molar-refractivity contribution is 6.30. The lowest BCUT2D eigenvalue weighted by Crippen LogP contribution is -2.01. The van der Waals surface area contributed by atoms with E-state index in [-0.39, 0.29) is 0 Å². The largest absolute Gasteiger partial charge is 0.241 e. The van der Waals surface area contributed by atoms with E-state index in [1.807, 2.05) is 0 Å². The van der Waals surface area contributed by atoms with Crippen LogP contribution >= 0.6 is 11.6 Å². The van der Waals surface area contributed by atoms with E-state index in [4.69, 9.17) is 11.6 Å². The Hall–Kier alpha value is -0.630. The summed E-state index contributed by atoms with van der Waals surface area (Å²) in [6, 6.07) is 0. The summed E-state index contributed by atoms with van der Waals surface area (Å²) in [6.07, 6.45) is 15.5. The first kappa shape index (κ1) is 17.4. The number of unbranched alkanes of at least 4 members (excludes halogenated alkanes) is 7. The third kappa shape index (κ3) is 6.69. The standard InChI is InChI=1S/C17H29ClN2/c1-3-5-6-7-8-9-10-11-13-15-16(12-4-2)19-14-20-17(15)18/h14H,3-13H2,1-2H3. The first-order valence-electron chi connectivity index (χ1n) is 8.27. The summed E-state index contributed by atoms with van der Waals surface area (Å²) in [4.78, 5) is 8.51. The summed E-state index contributed by atoms with van der Waals surface area (Å²) in [6.45, 7) is 4.44. The zero-order valence-electron chi connectivity index (χ0n) is 13.1. The first-order chi connectivity index (χ1) is 9.79. The monoisotopic (exact) mass is 296 g/mol. The summed E-state index contributed by atoms with van der Waals surface area (Å²) < 4.78 is 0. The fraction of sp³-hybridized carbons (Fsp3) is 0.765. The van der Waals surface area contributed by atoms with Gasteiger partial charge in [-0.1, -0.05) is 76.8 Å². The number of rotatable bonds is 11. The molecule has 0 saturated carbocycles. The Labute approximate surface area is 129 Å². The van der Waals surface area contributed by atoms with Gasteiger partial charge in [0, 0.05) is 11.3 Å². The topological polar surface area (TPSA) is 25.8 Å². The fourth-order valence-corrected chi connectivity index (χ4v) is 2.81. The summed E-state index contributed by atoms with van der Waals surface area (Å²) >= 11 is 6.21. The lowest BCUT2D eigenvalue weighted by Gasteiger charge is -2.09. The molecule has 1 aromatic rings. The van der Waals surface area contributed by atoms with E-state index in [2.05, 4.69) is 23.8 Å². The molecule has 0 amide bonds. The van der Waals surface area contributed by atoms with E-state index in [1.165, 1.54) is 56.9 Å². The molecule has 0 fully saturated rings. The third-order valence-corrected chi connectivity index (χ3v) is 4.07. The van der Waals surface area contributed by atoms with Crippen LogP contribution in [-0.4, -0.2) is 9.97 Å². The van der Waals surface area contributed by atoms with Crippen molar-refractivity contribution >= 4 is 11.6 Å². The Kier molecular flexibility index (Phi) is 9.65. The Balaban J connectivity index is 2.24. The van der Waals surface area contributed by atoms with Crippen LogP contribution in [0.1, 0.15) is 82.9 Å². The van der Waals surface area contributed by atoms with Crippen molar-refractivity contribution in [2.75, 3.05) is 0 Å². The van der Waals surface area contributed by atoms with Gasteiger partial charge in [-0.05, 0) is 19.3 Å². The molecule has 0 atom stereocenters. The van der Waals surface area contributed by atoms with Crippen LogP contribution in [-0.2, 0) is 12.8 Å². The molecule has 0 spiro atoms. The normalized spacial score (nSPS) is 10.9. The maximum Gasteiger partial charge on any atom is 0.135 e. The predicted octanol–water partition coefficient (Wildman–Crippen LogP) is 5.77. The van der Waals surface area contributed by atoms with Crippen LogP contribution in [0, 0.1) is 0 Å². The molecular formula is C17H29ClN2. The molecule has 20 heavy (non-hydrogen) atoms. The molecule has 0 saturated heterocycles. The maximum absolute atomic E-state index is 6.21. The van der Waals surface area contributed by atoms with E-state index in [9.17, 15) is 0 Å². The van der Waals surface area contributed by atoms with Crippen LogP contribution in [0.15, 0.2) is 6.33 Å². The number of halogens is 1. The van der Waals surface area contributed by atoms with Crippen molar-refractivity contribution in [1.82, 2.24) is 9.97 Å². The molecule has 0 aromatic carbocycles. The Bertz CT molecular complexity index is 366. The van der Waals surface area contributed by atoms with Crippen molar-refractivity contribution in [3.05, 3.63) is 22.7 Å². The van der Waals surface area contributed by atoms with Gasteiger partial charge in [0.1, 0.15) is 11.5 Å². The lowest BCUT2D eigenvalue weighted by atomic mass is 10.0. The molecule has 3 heteroatoms. The van der Waals surface area contributed by atoms with Crippen molar-refractivity contribution in [1.29, 1.82) is 0 Å². The summed E-state index contributed by atoms with van der Waals surface area (Å²) in [7, 11) is 0. The molecular weight excluding hydrogens is 268 g/mol. The van der Waals surface area contributed by atoms with E-state index < -0.39 is 0 Å². The fourth-order valence-electron chi connectivity index (χ4n) is 2.56. The molecule has 1 rings (SSSR count). The molecule has 114 valence electrons. The first-order valence-corrected chi connectivity index (χ1v) is 8.65. The van der Waals surface area contributed by atoms with E-state index in [1.54, 1.807) is 6.33 Å². The van der Waals surface area contributed by atoms with E-state index in [0.717, 1.165) is 25.0 Å². The molecule has 0 unspecified atom stereocenters. The molecule has 1 aromatic heterocycles. The van der Waals surface area contributed by atoms with Gasteiger partial charge < -0.3 is 0 Å². The lowest BCUT2D eigenvalue weighted by molar-refractivity contribution is 0.574. The minimum Gasteiger partial charge on any atom is -0.241 e. The van der Waals surface area contributed by atoms with E-state index >= 15 is 0 Å². The number of nitrogens with zero attached hydrogens (tertiary/aromatic N) is 2. The molecule has 1 heterocycles. The highest BCUT2D eigenvalue weighted by Gasteiger charge is 2.08. The summed E-state index contributed by atoms with van der Waals surface area (Å²) in [5, 5.41) is 0.659. The van der Waals surface area contributed by atoms with Crippen molar-refractivity contribution < 1.29 is 0 Å². The second-order valence-corrected chi connectivity index (χ2v) is 5.92. The minimum absolute atomic E-state index is 0.659. The number of hydrogen-bond acceptors (Lipinski definition) is 2. The molecule has 2 nitrogen and oxygen atoms in total. The van der Waals surface area contributed by atoms with Crippen molar-refractivity contribution in [2.45, 2.75) is 84.5 Å². The van der Waals surface area contributed by atoms with Crippen LogP contribution in [0.3, 0.4) is 0 Å². The van der Waals surface area contributed by atoms with Gasteiger partial charge in [0.25, 0.3) is 0 Å². The van der Waals surface area contributed by atoms with Gasteiger partial charge in [-0.3, -0.25) is 0 Å². The predicted molar refractivity (Wildman–Crippen MR) is 87.4 cm³/mol. The summed E-state index contributed by atoms with van der Waals surface area (Å²) in [5.74, 6) is 0. The average molecular weight is 297 g/mol. The molecule has 0 aliphatic heterocycles. The molecule has 0 radical (unpaired) electrons. The van der Waals surface area contributed by atoms with Crippen LogP contribution in [0.5, 0.6) is 0 Å². The SMILES string of the molecule is CCCCCCCCCCc1c(Cl)ncnc1CCC. The van der Waals surface area contributed by atoms with E-state index in [0.29, 0.717) is 5.15 Å². The summed E-state index contributed by atoms with van der Waals surface area (Å²) in [5.41, 5.74) is 2.33. The minimum atomic E-state index is 0.659. The highest BCUT2D eigenvalue weighted by Crippen LogP contribution is 2.20. The Morgan fingerprint density at radius 2 is 1.45 bits per heavy atom. The Morgan fingerprint density at radius 1 is 0.800 bits per heavy atom. The van der Waals surface area contributed by atoms with Crippen molar-refractivity contribution in [3.63, 3.8) is 0 Å². The van der Waals surface area contributed by atoms with Crippen LogP contribution < -0.4 is 0 Å². The van der Waals surface area contributed by atoms with Crippen molar-refractivity contribution in [3.8, 4) is 0 Å².